The number of nitriles is 1. The number of hydrogen-bond acceptors (Lipinski definition) is 5. The highest BCUT2D eigenvalue weighted by Gasteiger charge is 2.24. The Hall–Kier alpha value is -3.63. The van der Waals surface area contributed by atoms with Crippen LogP contribution in [0.2, 0.25) is 0 Å². The van der Waals surface area contributed by atoms with Crippen molar-refractivity contribution in [2.24, 2.45) is 0 Å². The van der Waals surface area contributed by atoms with Crippen molar-refractivity contribution in [1.29, 1.82) is 5.26 Å². The first-order valence-corrected chi connectivity index (χ1v) is 10.2. The van der Waals surface area contributed by atoms with Crippen LogP contribution >= 0.6 is 0 Å². The van der Waals surface area contributed by atoms with Gasteiger partial charge in [-0.1, -0.05) is 36.4 Å². The van der Waals surface area contributed by atoms with Gasteiger partial charge in [0, 0.05) is 0 Å². The molecule has 29 heavy (non-hydrogen) atoms. The van der Waals surface area contributed by atoms with Crippen LogP contribution in [0.15, 0.2) is 71.6 Å². The van der Waals surface area contributed by atoms with E-state index in [1.807, 2.05) is 36.4 Å². The normalized spacial score (nSPS) is 10.9. The molecular weight excluding hydrogens is 390 g/mol. The van der Waals surface area contributed by atoms with E-state index in [2.05, 4.69) is 0 Å². The van der Waals surface area contributed by atoms with Gasteiger partial charge in [0.15, 0.2) is 9.84 Å². The summed E-state index contributed by atoms with van der Waals surface area (Å²) in [5, 5.41) is 18.5. The second-order valence-corrected chi connectivity index (χ2v) is 8.24. The Balaban J connectivity index is 2.13. The van der Waals surface area contributed by atoms with Gasteiger partial charge in [0.1, 0.15) is 10.6 Å². The Labute approximate surface area is 168 Å². The molecule has 1 N–H and O–H groups in total. The summed E-state index contributed by atoms with van der Waals surface area (Å²) in [5.74, 6) is -1.58. The van der Waals surface area contributed by atoms with Crippen LogP contribution < -0.4 is 4.74 Å². The van der Waals surface area contributed by atoms with E-state index in [1.54, 1.807) is 12.1 Å². The number of benzene rings is 3. The number of nitrogens with zero attached hydrogens (tertiary/aromatic N) is 1. The van der Waals surface area contributed by atoms with Crippen LogP contribution in [-0.2, 0) is 15.6 Å². The van der Waals surface area contributed by atoms with E-state index in [1.165, 1.54) is 25.3 Å². The van der Waals surface area contributed by atoms with Crippen molar-refractivity contribution in [1.82, 2.24) is 0 Å². The number of aromatic carboxylic acids is 1. The SMILES string of the molecule is COc1ccc(C(=O)O)cc1S(=O)(=O)Cc1cc(C#N)ccc1-c1ccccc1. The zero-order valence-electron chi connectivity index (χ0n) is 15.5. The monoisotopic (exact) mass is 407 g/mol. The lowest BCUT2D eigenvalue weighted by atomic mass is 9.99. The Kier molecular flexibility index (Phi) is 5.66. The molecule has 0 heterocycles. The Morgan fingerprint density at radius 2 is 1.79 bits per heavy atom. The molecule has 0 aliphatic rings. The molecule has 7 heteroatoms. The maximum absolute atomic E-state index is 13.2. The van der Waals surface area contributed by atoms with Crippen LogP contribution in [0.25, 0.3) is 11.1 Å². The second-order valence-electron chi connectivity index (χ2n) is 6.28. The number of carboxylic acid groups (broad SMARTS) is 1. The van der Waals surface area contributed by atoms with Gasteiger partial charge in [-0.05, 0) is 47.0 Å². The standard InChI is InChI=1S/C22H17NO5S/c1-28-20-10-8-17(22(24)25)12-21(20)29(26,27)14-18-11-15(13-23)7-9-19(18)16-5-3-2-4-6-16/h2-12H,14H2,1H3,(H,24,25). The van der Waals surface area contributed by atoms with Crippen molar-refractivity contribution < 1.29 is 23.1 Å². The minimum Gasteiger partial charge on any atom is -0.495 e. The van der Waals surface area contributed by atoms with Crippen molar-refractivity contribution in [3.05, 3.63) is 83.4 Å². The van der Waals surface area contributed by atoms with Gasteiger partial charge in [-0.3, -0.25) is 0 Å². The van der Waals surface area contributed by atoms with E-state index in [4.69, 9.17) is 4.74 Å². The van der Waals surface area contributed by atoms with E-state index in [0.29, 0.717) is 16.7 Å². The summed E-state index contributed by atoms with van der Waals surface area (Å²) in [6.07, 6.45) is 0. The van der Waals surface area contributed by atoms with Gasteiger partial charge in [0.25, 0.3) is 0 Å². The summed E-state index contributed by atoms with van der Waals surface area (Å²) in [5.41, 5.74) is 2.12. The maximum Gasteiger partial charge on any atom is 0.335 e. The van der Waals surface area contributed by atoms with Crippen molar-refractivity contribution in [3.63, 3.8) is 0 Å². The largest absolute Gasteiger partial charge is 0.495 e. The molecule has 0 fully saturated rings. The molecule has 0 aliphatic heterocycles. The van der Waals surface area contributed by atoms with E-state index in [9.17, 15) is 23.6 Å². The number of ether oxygens (including phenoxy) is 1. The Morgan fingerprint density at radius 1 is 1.07 bits per heavy atom. The van der Waals surface area contributed by atoms with Crippen LogP contribution in [-0.4, -0.2) is 26.6 Å². The molecule has 3 rings (SSSR count). The lowest BCUT2D eigenvalue weighted by molar-refractivity contribution is 0.0696. The third-order valence-corrected chi connectivity index (χ3v) is 6.09. The molecule has 0 amide bonds. The van der Waals surface area contributed by atoms with Gasteiger partial charge in [-0.25, -0.2) is 13.2 Å². The fraction of sp³-hybridized carbons (Fsp3) is 0.0909. The smallest absolute Gasteiger partial charge is 0.335 e. The summed E-state index contributed by atoms with van der Waals surface area (Å²) in [4.78, 5) is 11.1. The van der Waals surface area contributed by atoms with Crippen molar-refractivity contribution in [2.45, 2.75) is 10.6 Å². The maximum atomic E-state index is 13.2. The average Bonchev–Trinajstić information content (AvgIpc) is 2.73. The number of sulfone groups is 1. The lowest BCUT2D eigenvalue weighted by Crippen LogP contribution is -2.10. The van der Waals surface area contributed by atoms with Crippen LogP contribution in [0.1, 0.15) is 21.5 Å². The highest BCUT2D eigenvalue weighted by molar-refractivity contribution is 7.90. The van der Waals surface area contributed by atoms with Gasteiger partial charge in [-0.2, -0.15) is 5.26 Å². The minimum atomic E-state index is -3.97. The van der Waals surface area contributed by atoms with E-state index in [0.717, 1.165) is 11.6 Å². The Morgan fingerprint density at radius 3 is 2.41 bits per heavy atom. The van der Waals surface area contributed by atoms with Gasteiger partial charge >= 0.3 is 5.97 Å². The van der Waals surface area contributed by atoms with Crippen molar-refractivity contribution in [3.8, 4) is 22.9 Å². The van der Waals surface area contributed by atoms with Crippen LogP contribution in [0, 0.1) is 11.3 Å². The first-order valence-electron chi connectivity index (χ1n) is 8.58. The zero-order chi connectivity index (χ0) is 21.0. The molecule has 0 saturated carbocycles. The number of methoxy groups -OCH3 is 1. The first-order chi connectivity index (χ1) is 13.9. The molecule has 0 bridgehead atoms. The summed E-state index contributed by atoms with van der Waals surface area (Å²) >= 11 is 0. The van der Waals surface area contributed by atoms with Gasteiger partial charge < -0.3 is 9.84 Å². The molecule has 0 spiro atoms. The summed E-state index contributed by atoms with van der Waals surface area (Å²) < 4.78 is 31.5. The molecule has 6 nitrogen and oxygen atoms in total. The van der Waals surface area contributed by atoms with Gasteiger partial charge in [-0.15, -0.1) is 0 Å². The summed E-state index contributed by atoms with van der Waals surface area (Å²) in [6.45, 7) is 0. The van der Waals surface area contributed by atoms with Gasteiger partial charge in [0.2, 0.25) is 0 Å². The number of carboxylic acids is 1. The van der Waals surface area contributed by atoms with Gasteiger partial charge in [0.05, 0.1) is 30.1 Å². The topological polar surface area (TPSA) is 104 Å². The minimum absolute atomic E-state index is 0.0627. The molecule has 3 aromatic rings. The van der Waals surface area contributed by atoms with E-state index >= 15 is 0 Å². The predicted molar refractivity (Wildman–Crippen MR) is 107 cm³/mol. The Bertz CT molecular complexity index is 1210. The second kappa shape index (κ2) is 8.17. The number of rotatable bonds is 6. The predicted octanol–water partition coefficient (Wildman–Crippen LogP) is 3.91. The first kappa shape index (κ1) is 20.1. The number of carbonyl (C=O) groups is 1. The molecule has 0 radical (unpaired) electrons. The van der Waals surface area contributed by atoms with Crippen molar-refractivity contribution in [2.75, 3.05) is 7.11 Å². The zero-order valence-corrected chi connectivity index (χ0v) is 16.3. The van der Waals surface area contributed by atoms with Crippen LogP contribution in [0.3, 0.4) is 0 Å². The molecule has 3 aromatic carbocycles. The quantitative estimate of drug-likeness (QED) is 0.664. The highest BCUT2D eigenvalue weighted by Crippen LogP contribution is 2.32. The third-order valence-electron chi connectivity index (χ3n) is 4.41. The molecule has 0 aliphatic carbocycles. The average molecular weight is 407 g/mol. The number of hydrogen-bond donors (Lipinski definition) is 1. The summed E-state index contributed by atoms with van der Waals surface area (Å²) in [7, 11) is -2.65. The summed E-state index contributed by atoms with van der Waals surface area (Å²) in [6, 6.07) is 19.8. The molecule has 0 unspecified atom stereocenters. The van der Waals surface area contributed by atoms with E-state index < -0.39 is 21.6 Å². The third kappa shape index (κ3) is 4.28. The van der Waals surface area contributed by atoms with Crippen LogP contribution in [0.5, 0.6) is 5.75 Å². The molecule has 0 saturated heterocycles. The van der Waals surface area contributed by atoms with Crippen molar-refractivity contribution >= 4 is 15.8 Å². The molecule has 0 aromatic heterocycles. The fourth-order valence-electron chi connectivity index (χ4n) is 3.02. The van der Waals surface area contributed by atoms with E-state index in [-0.39, 0.29) is 16.2 Å². The molecule has 146 valence electrons. The molecular formula is C22H17NO5S. The lowest BCUT2D eigenvalue weighted by Gasteiger charge is -2.14. The van der Waals surface area contributed by atoms with Crippen LogP contribution in [0.4, 0.5) is 0 Å². The highest BCUT2D eigenvalue weighted by atomic mass is 32.2. The fourth-order valence-corrected chi connectivity index (χ4v) is 4.59. The molecule has 0 atom stereocenters.